The van der Waals surface area contributed by atoms with Crippen LogP contribution in [0.15, 0.2) is 36.4 Å². The van der Waals surface area contributed by atoms with E-state index in [0.29, 0.717) is 6.42 Å². The van der Waals surface area contributed by atoms with Gasteiger partial charge in [0.05, 0.1) is 5.39 Å². The molecule has 134 valence electrons. The standard InChI is InChI=1S/C20H22N4OS/c1-3-18(25)24-10-9-15(12-24)23-19-16-11-17(14-7-5-4-6-8-14)26-20(16)22-13(2)21-19/h4-8,11,15H,3,9-10,12H2,1-2H3,(H,21,22,23). The van der Waals surface area contributed by atoms with Crippen LogP contribution in [0.25, 0.3) is 20.7 Å². The van der Waals surface area contributed by atoms with E-state index < -0.39 is 0 Å². The van der Waals surface area contributed by atoms with Gasteiger partial charge in [0.2, 0.25) is 5.91 Å². The molecule has 0 bridgehead atoms. The molecule has 0 aliphatic carbocycles. The largest absolute Gasteiger partial charge is 0.365 e. The van der Waals surface area contributed by atoms with E-state index in [1.54, 1.807) is 11.3 Å². The zero-order chi connectivity index (χ0) is 18.1. The Kier molecular flexibility index (Phi) is 4.59. The van der Waals surface area contributed by atoms with Gasteiger partial charge >= 0.3 is 0 Å². The highest BCUT2D eigenvalue weighted by Gasteiger charge is 2.26. The number of amides is 1. The minimum Gasteiger partial charge on any atom is -0.365 e. The number of likely N-dealkylation sites (tertiary alicyclic amines) is 1. The van der Waals surface area contributed by atoms with Gasteiger partial charge in [-0.25, -0.2) is 9.97 Å². The summed E-state index contributed by atoms with van der Waals surface area (Å²) in [4.78, 5) is 25.3. The van der Waals surface area contributed by atoms with Gasteiger partial charge in [-0.05, 0) is 25.0 Å². The van der Waals surface area contributed by atoms with Crippen LogP contribution in [0.5, 0.6) is 0 Å². The second-order valence-electron chi connectivity index (χ2n) is 6.64. The summed E-state index contributed by atoms with van der Waals surface area (Å²) in [6.07, 6.45) is 1.51. The van der Waals surface area contributed by atoms with Crippen LogP contribution in [0.3, 0.4) is 0 Å². The topological polar surface area (TPSA) is 58.1 Å². The van der Waals surface area contributed by atoms with Crippen LogP contribution in [0.1, 0.15) is 25.6 Å². The van der Waals surface area contributed by atoms with Crippen LogP contribution in [0.4, 0.5) is 5.82 Å². The maximum Gasteiger partial charge on any atom is 0.222 e. The SMILES string of the molecule is CCC(=O)N1CCC(Nc2nc(C)nc3sc(-c4ccccc4)cc23)C1. The predicted octanol–water partition coefficient (Wildman–Crippen LogP) is 4.09. The summed E-state index contributed by atoms with van der Waals surface area (Å²) >= 11 is 1.69. The number of hydrogen-bond acceptors (Lipinski definition) is 5. The van der Waals surface area contributed by atoms with E-state index in [-0.39, 0.29) is 11.9 Å². The van der Waals surface area contributed by atoms with Crippen LogP contribution >= 0.6 is 11.3 Å². The number of anilines is 1. The number of thiophene rings is 1. The van der Waals surface area contributed by atoms with E-state index in [9.17, 15) is 4.79 Å². The molecule has 3 aromatic rings. The average molecular weight is 366 g/mol. The Balaban J connectivity index is 1.63. The molecule has 1 N–H and O–H groups in total. The first-order valence-electron chi connectivity index (χ1n) is 9.02. The molecule has 5 nitrogen and oxygen atoms in total. The zero-order valence-electron chi connectivity index (χ0n) is 15.0. The second kappa shape index (κ2) is 7.03. The molecule has 0 radical (unpaired) electrons. The molecule has 4 rings (SSSR count). The van der Waals surface area contributed by atoms with Gasteiger partial charge in [0, 0.05) is 30.4 Å². The van der Waals surface area contributed by atoms with Gasteiger partial charge in [0.1, 0.15) is 16.5 Å². The predicted molar refractivity (Wildman–Crippen MR) is 106 cm³/mol. The van der Waals surface area contributed by atoms with Gasteiger partial charge in [0.15, 0.2) is 0 Å². The van der Waals surface area contributed by atoms with Crippen molar-refractivity contribution in [1.82, 2.24) is 14.9 Å². The Labute approximate surface area is 157 Å². The zero-order valence-corrected chi connectivity index (χ0v) is 15.8. The third kappa shape index (κ3) is 3.29. The Bertz CT molecular complexity index is 938. The highest BCUT2D eigenvalue weighted by molar-refractivity contribution is 7.21. The molecule has 3 heterocycles. The third-order valence-corrected chi connectivity index (χ3v) is 5.83. The molecular weight excluding hydrogens is 344 g/mol. The van der Waals surface area contributed by atoms with E-state index in [1.807, 2.05) is 36.9 Å². The van der Waals surface area contributed by atoms with Crippen molar-refractivity contribution in [3.8, 4) is 10.4 Å². The van der Waals surface area contributed by atoms with Gasteiger partial charge in [-0.15, -0.1) is 11.3 Å². The number of hydrogen-bond donors (Lipinski definition) is 1. The highest BCUT2D eigenvalue weighted by atomic mass is 32.1. The Hall–Kier alpha value is -2.47. The fraction of sp³-hybridized carbons (Fsp3) is 0.350. The van der Waals surface area contributed by atoms with Crippen molar-refractivity contribution in [2.45, 2.75) is 32.7 Å². The molecular formula is C20H22N4OS. The first kappa shape index (κ1) is 17.0. The smallest absolute Gasteiger partial charge is 0.222 e. The minimum absolute atomic E-state index is 0.222. The Morgan fingerprint density at radius 1 is 1.31 bits per heavy atom. The molecule has 2 aromatic heterocycles. The van der Waals surface area contributed by atoms with Crippen LogP contribution in [0, 0.1) is 6.92 Å². The minimum atomic E-state index is 0.222. The van der Waals surface area contributed by atoms with Crippen molar-refractivity contribution in [3.63, 3.8) is 0 Å². The van der Waals surface area contributed by atoms with E-state index in [0.717, 1.165) is 41.4 Å². The van der Waals surface area contributed by atoms with Crippen LogP contribution in [-0.4, -0.2) is 39.9 Å². The maximum absolute atomic E-state index is 11.9. The van der Waals surface area contributed by atoms with Gasteiger partial charge in [-0.1, -0.05) is 37.3 Å². The Morgan fingerprint density at radius 2 is 2.12 bits per heavy atom. The molecule has 1 aromatic carbocycles. The van der Waals surface area contributed by atoms with Gasteiger partial charge in [0.25, 0.3) is 0 Å². The molecule has 6 heteroatoms. The number of fused-ring (bicyclic) bond motifs is 1. The van der Waals surface area contributed by atoms with Crippen molar-refractivity contribution in [3.05, 3.63) is 42.2 Å². The fourth-order valence-electron chi connectivity index (χ4n) is 3.40. The number of aryl methyl sites for hydroxylation is 1. The monoisotopic (exact) mass is 366 g/mol. The number of carbonyl (C=O) groups excluding carboxylic acids is 1. The normalized spacial score (nSPS) is 17.0. The number of carbonyl (C=O) groups is 1. The van der Waals surface area contributed by atoms with Gasteiger partial charge in [-0.3, -0.25) is 4.79 Å². The van der Waals surface area contributed by atoms with Crippen molar-refractivity contribution >= 4 is 33.3 Å². The molecule has 26 heavy (non-hydrogen) atoms. The van der Waals surface area contributed by atoms with Crippen molar-refractivity contribution in [1.29, 1.82) is 0 Å². The summed E-state index contributed by atoms with van der Waals surface area (Å²) < 4.78 is 0. The molecule has 0 spiro atoms. The summed E-state index contributed by atoms with van der Waals surface area (Å²) in [6.45, 7) is 5.40. The number of nitrogens with zero attached hydrogens (tertiary/aromatic N) is 3. The van der Waals surface area contributed by atoms with Crippen molar-refractivity contribution < 1.29 is 4.79 Å². The molecule has 1 saturated heterocycles. The summed E-state index contributed by atoms with van der Waals surface area (Å²) in [6, 6.07) is 12.8. The van der Waals surface area contributed by atoms with Gasteiger partial charge in [-0.2, -0.15) is 0 Å². The van der Waals surface area contributed by atoms with Gasteiger partial charge < -0.3 is 10.2 Å². The Morgan fingerprint density at radius 3 is 2.88 bits per heavy atom. The molecule has 1 fully saturated rings. The van der Waals surface area contributed by atoms with Crippen LogP contribution in [-0.2, 0) is 4.79 Å². The first-order chi connectivity index (χ1) is 12.6. The lowest BCUT2D eigenvalue weighted by Gasteiger charge is -2.17. The van der Waals surface area contributed by atoms with Crippen LogP contribution < -0.4 is 5.32 Å². The molecule has 1 atom stereocenters. The summed E-state index contributed by atoms with van der Waals surface area (Å²) in [5.41, 5.74) is 1.19. The van der Waals surface area contributed by atoms with Crippen LogP contribution in [0.2, 0.25) is 0 Å². The lowest BCUT2D eigenvalue weighted by atomic mass is 10.2. The lowest BCUT2D eigenvalue weighted by molar-refractivity contribution is -0.129. The molecule has 1 amide bonds. The molecule has 1 aliphatic rings. The first-order valence-corrected chi connectivity index (χ1v) is 9.83. The quantitative estimate of drug-likeness (QED) is 0.755. The average Bonchev–Trinajstić information content (AvgIpc) is 3.29. The summed E-state index contributed by atoms with van der Waals surface area (Å²) in [5, 5.41) is 4.62. The highest BCUT2D eigenvalue weighted by Crippen LogP contribution is 2.35. The summed E-state index contributed by atoms with van der Waals surface area (Å²) in [5.74, 6) is 1.86. The van der Waals surface area contributed by atoms with E-state index in [1.165, 1.54) is 10.4 Å². The molecule has 1 aliphatic heterocycles. The second-order valence-corrected chi connectivity index (χ2v) is 7.67. The fourth-order valence-corrected chi connectivity index (χ4v) is 4.49. The number of aromatic nitrogens is 2. The maximum atomic E-state index is 11.9. The van der Waals surface area contributed by atoms with E-state index in [4.69, 9.17) is 0 Å². The number of rotatable bonds is 4. The van der Waals surface area contributed by atoms with E-state index in [2.05, 4.69) is 33.5 Å². The lowest BCUT2D eigenvalue weighted by Crippen LogP contribution is -2.31. The molecule has 1 unspecified atom stereocenters. The van der Waals surface area contributed by atoms with E-state index >= 15 is 0 Å². The summed E-state index contributed by atoms with van der Waals surface area (Å²) in [7, 11) is 0. The van der Waals surface area contributed by atoms with Crippen molar-refractivity contribution in [2.75, 3.05) is 18.4 Å². The van der Waals surface area contributed by atoms with Crippen molar-refractivity contribution in [2.24, 2.45) is 0 Å². The molecule has 0 saturated carbocycles. The number of nitrogens with one attached hydrogen (secondary N) is 1. The number of benzene rings is 1. The third-order valence-electron chi connectivity index (χ3n) is 4.75.